The number of carbonyl (C=O) groups is 1. The number of nitrogens with zero attached hydrogens (tertiary/aromatic N) is 2. The van der Waals surface area contributed by atoms with Gasteiger partial charge in [-0.15, -0.1) is 0 Å². The van der Waals surface area contributed by atoms with Gasteiger partial charge in [-0.05, 0) is 31.9 Å². The summed E-state index contributed by atoms with van der Waals surface area (Å²) in [5.41, 5.74) is 2.69. The summed E-state index contributed by atoms with van der Waals surface area (Å²) in [6, 6.07) is 9.55. The number of aliphatic carboxylic acids is 1. The van der Waals surface area contributed by atoms with Gasteiger partial charge in [-0.2, -0.15) is 0 Å². The second-order valence-corrected chi connectivity index (χ2v) is 4.61. The largest absolute Gasteiger partial charge is 0.481 e. The monoisotopic (exact) mass is 256 g/mol. The molecule has 98 valence electrons. The van der Waals surface area contributed by atoms with E-state index in [0.717, 1.165) is 11.1 Å². The third kappa shape index (κ3) is 3.37. The maximum atomic E-state index is 11.4. The van der Waals surface area contributed by atoms with Gasteiger partial charge >= 0.3 is 5.97 Å². The predicted octanol–water partition coefficient (Wildman–Crippen LogP) is 2.50. The van der Waals surface area contributed by atoms with Crippen molar-refractivity contribution in [1.82, 2.24) is 9.97 Å². The van der Waals surface area contributed by atoms with Crippen molar-refractivity contribution >= 4 is 5.97 Å². The molecule has 4 nitrogen and oxygen atoms in total. The van der Waals surface area contributed by atoms with E-state index in [1.165, 1.54) is 0 Å². The maximum Gasteiger partial charge on any atom is 0.312 e. The molecule has 0 aliphatic heterocycles. The van der Waals surface area contributed by atoms with Crippen LogP contribution in [0.5, 0.6) is 0 Å². The molecule has 0 aliphatic rings. The Morgan fingerprint density at radius 1 is 1.32 bits per heavy atom. The molecule has 0 spiro atoms. The first-order valence-electron chi connectivity index (χ1n) is 6.14. The number of carboxylic acids is 1. The lowest BCUT2D eigenvalue weighted by Gasteiger charge is -2.12. The average Bonchev–Trinajstić information content (AvgIpc) is 2.35. The number of benzene rings is 1. The van der Waals surface area contributed by atoms with Crippen molar-refractivity contribution in [3.63, 3.8) is 0 Å². The van der Waals surface area contributed by atoms with Crippen LogP contribution in [0.1, 0.15) is 28.6 Å². The molecule has 1 unspecified atom stereocenters. The third-order valence-corrected chi connectivity index (χ3v) is 2.97. The summed E-state index contributed by atoms with van der Waals surface area (Å²) in [5.74, 6) is -0.906. The number of aromatic nitrogens is 2. The van der Waals surface area contributed by atoms with Crippen LogP contribution in [0.15, 0.2) is 36.5 Å². The van der Waals surface area contributed by atoms with E-state index >= 15 is 0 Å². The molecule has 19 heavy (non-hydrogen) atoms. The molecule has 0 aliphatic carbocycles. The highest BCUT2D eigenvalue weighted by Gasteiger charge is 2.22. The summed E-state index contributed by atoms with van der Waals surface area (Å²) in [4.78, 5) is 19.7. The lowest BCUT2D eigenvalue weighted by molar-refractivity contribution is -0.138. The zero-order chi connectivity index (χ0) is 13.8. The van der Waals surface area contributed by atoms with Crippen molar-refractivity contribution in [2.24, 2.45) is 0 Å². The molecule has 0 saturated heterocycles. The minimum Gasteiger partial charge on any atom is -0.481 e. The standard InChI is InChI=1S/C15H16N2O2/c1-10-4-3-5-12(8-10)9-13(15(18)19)14-6-7-16-11(2)17-14/h3-8,13H,9H2,1-2H3,(H,18,19). The van der Waals surface area contributed by atoms with Gasteiger partial charge in [-0.1, -0.05) is 29.8 Å². The Kier molecular flexibility index (Phi) is 3.90. The van der Waals surface area contributed by atoms with E-state index in [1.807, 2.05) is 31.2 Å². The van der Waals surface area contributed by atoms with Crippen molar-refractivity contribution in [2.45, 2.75) is 26.2 Å². The summed E-state index contributed by atoms with van der Waals surface area (Å²) in [7, 11) is 0. The van der Waals surface area contributed by atoms with Crippen molar-refractivity contribution in [3.8, 4) is 0 Å². The van der Waals surface area contributed by atoms with Crippen LogP contribution < -0.4 is 0 Å². The zero-order valence-corrected chi connectivity index (χ0v) is 11.0. The summed E-state index contributed by atoms with van der Waals surface area (Å²) in [6.45, 7) is 3.75. The number of aryl methyl sites for hydroxylation is 2. The molecule has 2 aromatic rings. The molecular formula is C15H16N2O2. The lowest BCUT2D eigenvalue weighted by atomic mass is 9.95. The van der Waals surface area contributed by atoms with Crippen LogP contribution in [0.4, 0.5) is 0 Å². The Morgan fingerprint density at radius 3 is 2.74 bits per heavy atom. The molecule has 1 aromatic heterocycles. The number of rotatable bonds is 4. The minimum atomic E-state index is -0.861. The van der Waals surface area contributed by atoms with Gasteiger partial charge in [0.05, 0.1) is 5.69 Å². The lowest BCUT2D eigenvalue weighted by Crippen LogP contribution is -2.16. The highest BCUT2D eigenvalue weighted by Crippen LogP contribution is 2.20. The Hall–Kier alpha value is -2.23. The fraction of sp³-hybridized carbons (Fsp3) is 0.267. The van der Waals surface area contributed by atoms with Crippen LogP contribution in [0, 0.1) is 13.8 Å². The molecule has 0 saturated carbocycles. The van der Waals surface area contributed by atoms with Gasteiger partial charge in [0.25, 0.3) is 0 Å². The molecule has 0 radical (unpaired) electrons. The van der Waals surface area contributed by atoms with Gasteiger partial charge in [-0.3, -0.25) is 4.79 Å². The Morgan fingerprint density at radius 2 is 2.11 bits per heavy atom. The van der Waals surface area contributed by atoms with Crippen molar-refractivity contribution < 1.29 is 9.90 Å². The first-order valence-corrected chi connectivity index (χ1v) is 6.14. The molecule has 1 N–H and O–H groups in total. The number of hydrogen-bond donors (Lipinski definition) is 1. The minimum absolute atomic E-state index is 0.438. The summed E-state index contributed by atoms with van der Waals surface area (Å²) in [6.07, 6.45) is 2.04. The average molecular weight is 256 g/mol. The van der Waals surface area contributed by atoms with Crippen LogP contribution in [-0.2, 0) is 11.2 Å². The topological polar surface area (TPSA) is 63.1 Å². The zero-order valence-electron chi connectivity index (χ0n) is 11.0. The molecule has 0 amide bonds. The van der Waals surface area contributed by atoms with Gasteiger partial charge < -0.3 is 5.11 Å². The third-order valence-electron chi connectivity index (χ3n) is 2.97. The van der Waals surface area contributed by atoms with Gasteiger partial charge in [0, 0.05) is 6.20 Å². The Balaban J connectivity index is 2.29. The van der Waals surface area contributed by atoms with Crippen molar-refractivity contribution in [3.05, 3.63) is 59.2 Å². The highest BCUT2D eigenvalue weighted by atomic mass is 16.4. The maximum absolute atomic E-state index is 11.4. The molecule has 2 rings (SSSR count). The van der Waals surface area contributed by atoms with E-state index in [1.54, 1.807) is 19.2 Å². The predicted molar refractivity (Wildman–Crippen MR) is 72.0 cm³/mol. The van der Waals surface area contributed by atoms with E-state index in [0.29, 0.717) is 17.9 Å². The van der Waals surface area contributed by atoms with E-state index in [9.17, 15) is 9.90 Å². The fourth-order valence-electron chi connectivity index (χ4n) is 2.06. The summed E-state index contributed by atoms with van der Waals surface area (Å²) in [5, 5.41) is 9.39. The van der Waals surface area contributed by atoms with E-state index in [2.05, 4.69) is 9.97 Å². The first kappa shape index (κ1) is 13.2. The van der Waals surface area contributed by atoms with Crippen LogP contribution in [0.2, 0.25) is 0 Å². The van der Waals surface area contributed by atoms with Gasteiger partial charge in [0.2, 0.25) is 0 Å². The normalized spacial score (nSPS) is 12.1. The van der Waals surface area contributed by atoms with E-state index in [-0.39, 0.29) is 0 Å². The van der Waals surface area contributed by atoms with Gasteiger partial charge in [0.15, 0.2) is 0 Å². The van der Waals surface area contributed by atoms with Crippen LogP contribution in [-0.4, -0.2) is 21.0 Å². The van der Waals surface area contributed by atoms with Gasteiger partial charge in [0.1, 0.15) is 11.7 Å². The molecule has 1 heterocycles. The smallest absolute Gasteiger partial charge is 0.312 e. The van der Waals surface area contributed by atoms with E-state index in [4.69, 9.17) is 0 Å². The van der Waals surface area contributed by atoms with E-state index < -0.39 is 11.9 Å². The first-order chi connectivity index (χ1) is 9.06. The van der Waals surface area contributed by atoms with Crippen molar-refractivity contribution in [1.29, 1.82) is 0 Å². The van der Waals surface area contributed by atoms with Crippen LogP contribution in [0.25, 0.3) is 0 Å². The molecule has 4 heteroatoms. The molecule has 0 fully saturated rings. The SMILES string of the molecule is Cc1cccc(CC(C(=O)O)c2ccnc(C)n2)c1. The summed E-state index contributed by atoms with van der Waals surface area (Å²) < 4.78 is 0. The van der Waals surface area contributed by atoms with Crippen molar-refractivity contribution in [2.75, 3.05) is 0 Å². The second-order valence-electron chi connectivity index (χ2n) is 4.61. The molecule has 1 aromatic carbocycles. The molecular weight excluding hydrogens is 240 g/mol. The highest BCUT2D eigenvalue weighted by molar-refractivity contribution is 5.75. The van der Waals surface area contributed by atoms with Crippen LogP contribution >= 0.6 is 0 Å². The number of carboxylic acid groups (broad SMARTS) is 1. The fourth-order valence-corrected chi connectivity index (χ4v) is 2.06. The number of hydrogen-bond acceptors (Lipinski definition) is 3. The second kappa shape index (κ2) is 5.61. The quantitative estimate of drug-likeness (QED) is 0.913. The Labute approximate surface area is 112 Å². The summed E-state index contributed by atoms with van der Waals surface area (Å²) >= 11 is 0. The van der Waals surface area contributed by atoms with Gasteiger partial charge in [-0.25, -0.2) is 9.97 Å². The van der Waals surface area contributed by atoms with Crippen LogP contribution in [0.3, 0.4) is 0 Å². The Bertz CT molecular complexity index is 596. The molecule has 1 atom stereocenters. The molecule has 0 bridgehead atoms.